The molecule has 0 bridgehead atoms. The van der Waals surface area contributed by atoms with Crippen LogP contribution in [0, 0.1) is 0 Å². The van der Waals surface area contributed by atoms with Crippen LogP contribution in [-0.4, -0.2) is 50.2 Å². The van der Waals surface area contributed by atoms with E-state index in [1.165, 1.54) is 5.56 Å². The minimum absolute atomic E-state index is 0.570. The van der Waals surface area contributed by atoms with Crippen molar-refractivity contribution >= 4 is 15.9 Å². The Morgan fingerprint density at radius 3 is 3.00 bits per heavy atom. The third-order valence-corrected chi connectivity index (χ3v) is 3.93. The number of halogens is 1. The molecule has 0 amide bonds. The van der Waals surface area contributed by atoms with E-state index in [9.17, 15) is 0 Å². The molecule has 1 aromatic carbocycles. The van der Waals surface area contributed by atoms with Crippen molar-refractivity contribution in [2.24, 2.45) is 0 Å². The Balaban J connectivity index is 2.01. The van der Waals surface area contributed by atoms with Crippen LogP contribution >= 0.6 is 15.9 Å². The number of ether oxygens (including phenoxy) is 2. The molecule has 0 N–H and O–H groups in total. The maximum atomic E-state index is 5.72. The molecule has 1 aromatic rings. The topological polar surface area (TPSA) is 21.7 Å². The summed E-state index contributed by atoms with van der Waals surface area (Å²) in [5.41, 5.74) is 1.35. The highest BCUT2D eigenvalue weighted by atomic mass is 79.9. The number of rotatable bonds is 7. The monoisotopic (exact) mass is 327 g/mol. The lowest BCUT2D eigenvalue weighted by Crippen LogP contribution is -2.34. The first-order valence-electron chi connectivity index (χ1n) is 6.84. The maximum absolute atomic E-state index is 5.72. The smallest absolute Gasteiger partial charge is 0.122 e. The average Bonchev–Trinajstić information content (AvgIpc) is 2.45. The second-order valence-electron chi connectivity index (χ2n) is 4.85. The third-order valence-electron chi connectivity index (χ3n) is 3.57. The average molecular weight is 328 g/mol. The summed E-state index contributed by atoms with van der Waals surface area (Å²) in [5, 5.41) is 1.00. The van der Waals surface area contributed by atoms with Gasteiger partial charge in [-0.15, -0.1) is 0 Å². The molecule has 1 aliphatic heterocycles. The number of nitrogens with zero attached hydrogens (tertiary/aromatic N) is 1. The summed E-state index contributed by atoms with van der Waals surface area (Å²) < 4.78 is 10.9. The van der Waals surface area contributed by atoms with Gasteiger partial charge in [0.15, 0.2) is 0 Å². The van der Waals surface area contributed by atoms with Crippen LogP contribution in [0.4, 0.5) is 0 Å². The minimum atomic E-state index is 0.570. The molecule has 0 saturated heterocycles. The number of hydrogen-bond acceptors (Lipinski definition) is 3. The molecular weight excluding hydrogens is 306 g/mol. The molecular formula is C15H22BrNO2. The van der Waals surface area contributed by atoms with Gasteiger partial charge in [0.05, 0.1) is 13.2 Å². The highest BCUT2D eigenvalue weighted by Gasteiger charge is 2.22. The van der Waals surface area contributed by atoms with Gasteiger partial charge < -0.3 is 9.47 Å². The molecule has 0 fully saturated rings. The van der Waals surface area contributed by atoms with Crippen molar-refractivity contribution < 1.29 is 9.47 Å². The SMILES string of the molecule is COCCN(CCBr)CC1CCOc2ccccc21. The van der Waals surface area contributed by atoms with E-state index in [1.54, 1.807) is 7.11 Å². The fourth-order valence-electron chi connectivity index (χ4n) is 2.55. The fourth-order valence-corrected chi connectivity index (χ4v) is 3.05. The largest absolute Gasteiger partial charge is 0.493 e. The van der Waals surface area contributed by atoms with Crippen LogP contribution in [0.5, 0.6) is 5.75 Å². The molecule has 1 aliphatic rings. The number of methoxy groups -OCH3 is 1. The van der Waals surface area contributed by atoms with Crippen LogP contribution in [0.1, 0.15) is 17.9 Å². The van der Waals surface area contributed by atoms with E-state index in [-0.39, 0.29) is 0 Å². The number of para-hydroxylation sites is 1. The molecule has 1 unspecified atom stereocenters. The summed E-state index contributed by atoms with van der Waals surface area (Å²) in [4.78, 5) is 2.46. The van der Waals surface area contributed by atoms with Crippen LogP contribution < -0.4 is 4.74 Å². The van der Waals surface area contributed by atoms with E-state index in [0.29, 0.717) is 5.92 Å². The highest BCUT2D eigenvalue weighted by Crippen LogP contribution is 2.33. The lowest BCUT2D eigenvalue weighted by molar-refractivity contribution is 0.141. The van der Waals surface area contributed by atoms with Crippen molar-refractivity contribution in [3.8, 4) is 5.75 Å². The summed E-state index contributed by atoms with van der Waals surface area (Å²) in [7, 11) is 1.76. The van der Waals surface area contributed by atoms with Gasteiger partial charge in [-0.1, -0.05) is 34.1 Å². The van der Waals surface area contributed by atoms with Crippen molar-refractivity contribution in [2.45, 2.75) is 12.3 Å². The summed E-state index contributed by atoms with van der Waals surface area (Å²) in [6.45, 7) is 4.74. The van der Waals surface area contributed by atoms with Crippen LogP contribution in [0.2, 0.25) is 0 Å². The first kappa shape index (κ1) is 14.8. The van der Waals surface area contributed by atoms with Crippen LogP contribution in [-0.2, 0) is 4.74 Å². The summed E-state index contributed by atoms with van der Waals surface area (Å²) in [5.74, 6) is 1.63. The lowest BCUT2D eigenvalue weighted by Gasteiger charge is -2.31. The predicted octanol–water partition coefficient (Wildman–Crippen LogP) is 2.90. The number of fused-ring (bicyclic) bond motifs is 1. The molecule has 2 rings (SSSR count). The van der Waals surface area contributed by atoms with Gasteiger partial charge >= 0.3 is 0 Å². The van der Waals surface area contributed by atoms with E-state index in [4.69, 9.17) is 9.47 Å². The first-order valence-corrected chi connectivity index (χ1v) is 7.96. The molecule has 1 heterocycles. The molecule has 3 nitrogen and oxygen atoms in total. The van der Waals surface area contributed by atoms with Crippen molar-refractivity contribution in [1.29, 1.82) is 0 Å². The van der Waals surface area contributed by atoms with Gasteiger partial charge in [-0.05, 0) is 18.1 Å². The molecule has 4 heteroatoms. The third kappa shape index (κ3) is 4.20. The van der Waals surface area contributed by atoms with Gasteiger partial charge in [0, 0.05) is 38.0 Å². The Morgan fingerprint density at radius 1 is 1.37 bits per heavy atom. The second kappa shape index (κ2) is 7.88. The van der Waals surface area contributed by atoms with Crippen molar-refractivity contribution in [1.82, 2.24) is 4.90 Å². The van der Waals surface area contributed by atoms with Crippen LogP contribution in [0.3, 0.4) is 0 Å². The summed E-state index contributed by atoms with van der Waals surface area (Å²) >= 11 is 3.53. The zero-order valence-electron chi connectivity index (χ0n) is 11.5. The Bertz CT molecular complexity index is 386. The lowest BCUT2D eigenvalue weighted by atomic mass is 9.92. The molecule has 0 radical (unpaired) electrons. The van der Waals surface area contributed by atoms with Gasteiger partial charge in [0.25, 0.3) is 0 Å². The predicted molar refractivity (Wildman–Crippen MR) is 81.4 cm³/mol. The molecule has 0 saturated carbocycles. The molecule has 106 valence electrons. The number of hydrogen-bond donors (Lipinski definition) is 0. The fraction of sp³-hybridized carbons (Fsp3) is 0.600. The quantitative estimate of drug-likeness (QED) is 0.719. The Morgan fingerprint density at radius 2 is 2.21 bits per heavy atom. The van der Waals surface area contributed by atoms with E-state index < -0.39 is 0 Å². The van der Waals surface area contributed by atoms with Crippen LogP contribution in [0.15, 0.2) is 24.3 Å². The van der Waals surface area contributed by atoms with Crippen LogP contribution in [0.25, 0.3) is 0 Å². The maximum Gasteiger partial charge on any atom is 0.122 e. The number of benzene rings is 1. The Labute approximate surface area is 124 Å². The standard InChI is InChI=1S/C15H22BrNO2/c1-18-11-9-17(8-7-16)12-13-6-10-19-15-5-3-2-4-14(13)15/h2-5,13H,6-12H2,1H3. The zero-order valence-corrected chi connectivity index (χ0v) is 13.1. The highest BCUT2D eigenvalue weighted by molar-refractivity contribution is 9.09. The minimum Gasteiger partial charge on any atom is -0.493 e. The molecule has 0 aromatic heterocycles. The second-order valence-corrected chi connectivity index (χ2v) is 5.65. The molecule has 1 atom stereocenters. The number of alkyl halides is 1. The van der Waals surface area contributed by atoms with E-state index >= 15 is 0 Å². The first-order chi connectivity index (χ1) is 9.35. The van der Waals surface area contributed by atoms with Gasteiger partial charge in [-0.3, -0.25) is 4.90 Å². The molecule has 0 spiro atoms. The van der Waals surface area contributed by atoms with E-state index in [1.807, 2.05) is 6.07 Å². The van der Waals surface area contributed by atoms with E-state index in [0.717, 1.165) is 50.3 Å². The van der Waals surface area contributed by atoms with Gasteiger partial charge in [-0.2, -0.15) is 0 Å². The Hall–Kier alpha value is -0.580. The molecule has 0 aliphatic carbocycles. The van der Waals surface area contributed by atoms with Crippen molar-refractivity contribution in [3.05, 3.63) is 29.8 Å². The van der Waals surface area contributed by atoms with Crippen molar-refractivity contribution in [2.75, 3.05) is 45.3 Å². The normalized spacial score (nSPS) is 18.2. The zero-order chi connectivity index (χ0) is 13.5. The summed E-state index contributed by atoms with van der Waals surface area (Å²) in [6.07, 6.45) is 1.10. The molecule has 19 heavy (non-hydrogen) atoms. The van der Waals surface area contributed by atoms with Gasteiger partial charge in [-0.25, -0.2) is 0 Å². The van der Waals surface area contributed by atoms with E-state index in [2.05, 4.69) is 39.0 Å². The van der Waals surface area contributed by atoms with Crippen molar-refractivity contribution in [3.63, 3.8) is 0 Å². The Kier molecular flexibility index (Phi) is 6.14. The summed E-state index contributed by atoms with van der Waals surface area (Å²) in [6, 6.07) is 8.42. The van der Waals surface area contributed by atoms with Gasteiger partial charge in [0.2, 0.25) is 0 Å². The van der Waals surface area contributed by atoms with Gasteiger partial charge in [0.1, 0.15) is 5.75 Å².